The number of aryl methyl sites for hydroxylation is 3. The average Bonchev–Trinajstić information content (AvgIpc) is 1.53. The van der Waals surface area contributed by atoms with Crippen molar-refractivity contribution in [3.63, 3.8) is 0 Å². The van der Waals surface area contributed by atoms with Crippen LogP contribution >= 0.6 is 90.7 Å². The smallest absolute Gasteiger partial charge is 1.00 e. The van der Waals surface area contributed by atoms with E-state index in [1.165, 1.54) is 135 Å². The summed E-state index contributed by atoms with van der Waals surface area (Å²) in [7, 11) is 4.89. The minimum Gasteiger partial charge on any atom is -1.00 e. The number of methoxy groups -OCH3 is 3. The number of aliphatic hydroxyl groups is 2. The minimum absolute atomic E-state index is 0. The average molecular weight is 1820 g/mol. The second kappa shape index (κ2) is 47.5. The van der Waals surface area contributed by atoms with Gasteiger partial charge in [0.1, 0.15) is 39.9 Å². The van der Waals surface area contributed by atoms with E-state index in [1.807, 2.05) is 107 Å². The van der Waals surface area contributed by atoms with Gasteiger partial charge in [-0.15, -0.1) is 103 Å². The number of unbranched alkanes of at least 4 members (excludes halogenated alkanes) is 15. The molecule has 0 saturated heterocycles. The van der Waals surface area contributed by atoms with Gasteiger partial charge in [-0.1, -0.05) is 201 Å². The maximum atomic E-state index is 14.1. The van der Waals surface area contributed by atoms with Gasteiger partial charge in [0.25, 0.3) is 0 Å². The first-order chi connectivity index (χ1) is 56.6. The van der Waals surface area contributed by atoms with Crippen LogP contribution in [-0.4, -0.2) is 99.6 Å². The molecule has 0 aliphatic rings. The van der Waals surface area contributed by atoms with E-state index in [9.17, 15) is 19.8 Å². The van der Waals surface area contributed by atoms with Crippen LogP contribution in [0.25, 0.3) is 57.8 Å². The van der Waals surface area contributed by atoms with Crippen molar-refractivity contribution < 1.29 is 74.7 Å². The van der Waals surface area contributed by atoms with Crippen molar-refractivity contribution in [2.45, 2.75) is 182 Å². The molecule has 2 unspecified atom stereocenters. The Bertz CT molecular complexity index is 5090. The van der Waals surface area contributed by atoms with E-state index < -0.39 is 23.1 Å². The van der Waals surface area contributed by atoms with Gasteiger partial charge >= 0.3 is 35.0 Å². The second-order valence-electron chi connectivity index (χ2n) is 28.7. The zero-order valence-corrected chi connectivity index (χ0v) is 79.3. The van der Waals surface area contributed by atoms with E-state index in [0.717, 1.165) is 154 Å². The first-order valence-electron chi connectivity index (χ1n) is 40.7. The molecule has 622 valence electrons. The molecule has 0 amide bonds. The van der Waals surface area contributed by atoms with Crippen LogP contribution in [0.3, 0.4) is 0 Å². The summed E-state index contributed by atoms with van der Waals surface area (Å²) in [5.74, 6) is 3.76. The molecule has 0 radical (unpaired) electrons. The summed E-state index contributed by atoms with van der Waals surface area (Å²) >= 11 is 12.3. The number of fused-ring (bicyclic) bond motifs is 2. The Labute approximate surface area is 756 Å². The largest absolute Gasteiger partial charge is 2.00 e. The third-order valence-corrected chi connectivity index (χ3v) is 29.9. The number of benzene rings is 5. The molecule has 13 aromatic rings. The fourth-order valence-corrected chi connectivity index (χ4v) is 24.3. The summed E-state index contributed by atoms with van der Waals surface area (Å²) in [6, 6.07) is 51.2. The van der Waals surface area contributed by atoms with E-state index in [1.54, 1.807) is 80.5 Å². The molecule has 8 aromatic heterocycles. The summed E-state index contributed by atoms with van der Waals surface area (Å²) in [6.07, 6.45) is 22.2. The van der Waals surface area contributed by atoms with Crippen LogP contribution in [0.2, 0.25) is 0 Å². The Morgan fingerprint density at radius 3 is 0.983 bits per heavy atom. The molecule has 2 atom stereocenters. The third kappa shape index (κ3) is 22.9. The number of carbonyl (C=O) groups excluding carboxylic acids is 2. The number of rotatable bonds is 41. The molecule has 0 fully saturated rings. The molecule has 8 heterocycles. The van der Waals surface area contributed by atoms with Crippen molar-refractivity contribution in [1.82, 2.24) is 0 Å². The number of hydrogen-bond donors (Lipinski definition) is 2. The standard InChI is InChI=1S/C60H68O5S4.C22H20O6S4.C14H21O.BrH.Mg/c1-7-9-11-13-15-17-37-64-48-31-27-46(28-32-48)59(61,44-23-19-41(3)20-24-44)51-55(53-43(5)35-39-66-53)68-58-52(56(69-57(51)58)54-50(63-6)36-40-67-54)60(62,45-25-21-42(4)22-26-45)47-29-33-49(34-30-47)65-38-18-16-14-12-10-8-2;1-5-27-21(23)13-17(15-11(25-3)7-9-29-15)31-20-14(22(24)28-6-2)18(32-19(13)20)16-12(26-4)8-10-30-16;1-2-3-4-5-6-10-13-15-14-11-8-7-9-12-14;;/h19-36,39-40,61-62H,7-18,37-38H2,1-6H3;7-10H,5-6H2,1-4H3;8-9,11-12H,2-6,10,13H2,1H3;1H;/q;;-1;;+2/p-1. The maximum absolute atomic E-state index is 14.1. The van der Waals surface area contributed by atoms with Crippen molar-refractivity contribution in [2.24, 2.45) is 0 Å². The van der Waals surface area contributed by atoms with Crippen LogP contribution in [0.4, 0.5) is 0 Å². The predicted octanol–water partition coefficient (Wildman–Crippen LogP) is 25.0. The zero-order chi connectivity index (χ0) is 82.0. The van der Waals surface area contributed by atoms with Crippen LogP contribution in [0, 0.1) is 26.8 Å². The number of ether oxygens (including phenoxy) is 8. The monoisotopic (exact) mass is 1810 g/mol. The quantitative estimate of drug-likeness (QED) is 0.0163. The summed E-state index contributed by atoms with van der Waals surface area (Å²) in [5, 5.41) is 36.3. The summed E-state index contributed by atoms with van der Waals surface area (Å²) < 4.78 is 49.3. The van der Waals surface area contributed by atoms with Gasteiger partial charge in [0.2, 0.25) is 0 Å². The Kier molecular flexibility index (Phi) is 38.2. The third-order valence-electron chi connectivity index (χ3n) is 20.4. The van der Waals surface area contributed by atoms with Gasteiger partial charge in [0, 0.05) is 21.8 Å². The number of carbonyl (C=O) groups is 2. The van der Waals surface area contributed by atoms with Crippen LogP contribution in [-0.2, 0) is 20.7 Å². The normalized spacial score (nSPS) is 12.1. The van der Waals surface area contributed by atoms with Gasteiger partial charge in [-0.2, -0.15) is 18.2 Å². The molecule has 0 bridgehead atoms. The van der Waals surface area contributed by atoms with Gasteiger partial charge in [0.05, 0.1) is 118 Å². The van der Waals surface area contributed by atoms with Crippen LogP contribution in [0.1, 0.15) is 221 Å². The Morgan fingerprint density at radius 2 is 0.653 bits per heavy atom. The Hall–Kier alpha value is -6.87. The van der Waals surface area contributed by atoms with Crippen molar-refractivity contribution in [2.75, 3.05) is 54.4 Å². The van der Waals surface area contributed by atoms with Crippen molar-refractivity contribution in [3.05, 3.63) is 234 Å². The van der Waals surface area contributed by atoms with E-state index in [0.29, 0.717) is 45.2 Å². The zero-order valence-electron chi connectivity index (χ0n) is 69.8. The number of hydrogen-bond acceptors (Lipinski definition) is 20. The minimum atomic E-state index is -1.63. The van der Waals surface area contributed by atoms with Gasteiger partial charge in [0.15, 0.2) is 0 Å². The SMILES string of the molecule is CCCCCCCCOc1cc[c-]cc1.CCCCCCCCOc1ccc(C(O)(c2ccc(C)cc2)c2c(-c3sccc3C)sc3c(C(O)(c4ccc(C)cc4)c4ccc(OCCCCCCCC)cc4)c(-c4sccc4OC)sc23)cc1.CCOC(=O)c1c(-c2sccc2OC)sc2c(C(=O)OCC)c(-c3sccc3OC)sc12.[Br-].[Mg+2]. The summed E-state index contributed by atoms with van der Waals surface area (Å²) in [4.78, 5) is 33.2. The van der Waals surface area contributed by atoms with Gasteiger partial charge in [-0.05, 0) is 152 Å². The Balaban J connectivity index is 0.000000265. The molecule has 5 aromatic carbocycles. The molecule has 0 aliphatic carbocycles. The maximum Gasteiger partial charge on any atom is 2.00 e. The molecular formula is C96H109BrMgO12S8. The molecule has 118 heavy (non-hydrogen) atoms. The fraction of sp³-hybridized carbons (Fsp3) is 0.375. The Morgan fingerprint density at radius 1 is 0.356 bits per heavy atom. The molecule has 12 nitrogen and oxygen atoms in total. The topological polar surface area (TPSA) is 148 Å². The van der Waals surface area contributed by atoms with Crippen molar-refractivity contribution in [3.8, 4) is 73.5 Å². The van der Waals surface area contributed by atoms with Gasteiger partial charge in [-0.3, -0.25) is 0 Å². The van der Waals surface area contributed by atoms with E-state index >= 15 is 0 Å². The predicted molar refractivity (Wildman–Crippen MR) is 496 cm³/mol. The molecule has 0 aliphatic heterocycles. The first kappa shape index (κ1) is 95.0. The molecule has 0 spiro atoms. The van der Waals surface area contributed by atoms with Crippen molar-refractivity contribution >= 4 is 144 Å². The molecular weight excluding hydrogens is 1710 g/mol. The second-order valence-corrected chi connectivity index (χ2v) is 36.4. The van der Waals surface area contributed by atoms with E-state index in [4.69, 9.17) is 37.9 Å². The molecule has 22 heteroatoms. The van der Waals surface area contributed by atoms with E-state index in [2.05, 4.69) is 108 Å². The summed E-state index contributed by atoms with van der Waals surface area (Å²) in [5.41, 5.74) is 5.55. The van der Waals surface area contributed by atoms with Crippen LogP contribution in [0.15, 0.2) is 167 Å². The molecule has 13 rings (SSSR count). The number of esters is 2. The van der Waals surface area contributed by atoms with Crippen molar-refractivity contribution in [1.29, 1.82) is 0 Å². The molecule has 0 saturated carbocycles. The van der Waals surface area contributed by atoms with E-state index in [-0.39, 0.29) is 53.2 Å². The van der Waals surface area contributed by atoms with Crippen LogP contribution in [0.5, 0.6) is 34.5 Å². The molecule has 2 N–H and O–H groups in total. The number of halogens is 1. The van der Waals surface area contributed by atoms with Gasteiger partial charge < -0.3 is 65.1 Å². The first-order valence-corrected chi connectivity index (χ1v) is 47.5. The van der Waals surface area contributed by atoms with Crippen LogP contribution < -0.4 is 45.4 Å². The van der Waals surface area contributed by atoms with Gasteiger partial charge in [-0.25, -0.2) is 9.59 Å². The fourth-order valence-electron chi connectivity index (χ4n) is 14.2. The number of thiophene rings is 8. The summed E-state index contributed by atoms with van der Waals surface area (Å²) in [6.45, 7) is 19.2.